The minimum atomic E-state index is 0.382. The van der Waals surface area contributed by atoms with Crippen LogP contribution in [0.1, 0.15) is 31.2 Å². The molecule has 1 aromatic heterocycles. The van der Waals surface area contributed by atoms with Crippen molar-refractivity contribution in [1.29, 1.82) is 0 Å². The molecule has 0 N–H and O–H groups in total. The van der Waals surface area contributed by atoms with Gasteiger partial charge in [0.05, 0.1) is 23.1 Å². The molecule has 2 heterocycles. The van der Waals surface area contributed by atoms with Crippen LogP contribution < -0.4 is 4.90 Å². The van der Waals surface area contributed by atoms with Crippen LogP contribution in [0, 0.1) is 0 Å². The molecule has 3 heteroatoms. The Bertz CT molecular complexity index is 2580. The van der Waals surface area contributed by atoms with E-state index < -0.39 is 0 Å². The molecule has 250 valence electrons. The first kappa shape index (κ1) is 30.6. The van der Waals surface area contributed by atoms with Crippen molar-refractivity contribution in [2.24, 2.45) is 4.99 Å². The third-order valence-corrected chi connectivity index (χ3v) is 11.1. The van der Waals surface area contributed by atoms with Crippen molar-refractivity contribution in [2.45, 2.75) is 37.8 Å². The summed E-state index contributed by atoms with van der Waals surface area (Å²) >= 11 is 0. The number of aromatic nitrogens is 1. The van der Waals surface area contributed by atoms with E-state index in [0.29, 0.717) is 12.1 Å². The van der Waals surface area contributed by atoms with Gasteiger partial charge in [-0.15, -0.1) is 0 Å². The minimum absolute atomic E-state index is 0.382. The Morgan fingerprint density at radius 1 is 0.404 bits per heavy atom. The molecular weight excluding hydrogens is 631 g/mol. The molecular formula is C49H39N3. The topological polar surface area (TPSA) is 20.5 Å². The van der Waals surface area contributed by atoms with Crippen LogP contribution >= 0.6 is 0 Å². The molecule has 1 fully saturated rings. The second-order valence-corrected chi connectivity index (χ2v) is 14.2. The minimum Gasteiger partial charge on any atom is -0.321 e. The Hall–Kier alpha value is -6.19. The molecule has 52 heavy (non-hydrogen) atoms. The van der Waals surface area contributed by atoms with Gasteiger partial charge >= 0.3 is 0 Å². The summed E-state index contributed by atoms with van der Waals surface area (Å²) in [5.74, 6) is 1.11. The summed E-state index contributed by atoms with van der Waals surface area (Å²) in [6.45, 7) is 0. The second kappa shape index (κ2) is 12.9. The lowest BCUT2D eigenvalue weighted by molar-refractivity contribution is 0.405. The predicted octanol–water partition coefficient (Wildman–Crippen LogP) is 12.4. The normalized spacial score (nSPS) is 17.0. The van der Waals surface area contributed by atoms with E-state index in [1.807, 2.05) is 0 Å². The van der Waals surface area contributed by atoms with Gasteiger partial charge in [0.2, 0.25) is 0 Å². The van der Waals surface area contributed by atoms with Gasteiger partial charge in [0.25, 0.3) is 0 Å². The van der Waals surface area contributed by atoms with Crippen molar-refractivity contribution in [1.82, 2.24) is 4.57 Å². The van der Waals surface area contributed by atoms with Crippen LogP contribution in [0.5, 0.6) is 0 Å². The largest absolute Gasteiger partial charge is 0.321 e. The molecule has 10 rings (SSSR count). The van der Waals surface area contributed by atoms with E-state index in [2.05, 4.69) is 185 Å². The zero-order valence-corrected chi connectivity index (χ0v) is 29.1. The van der Waals surface area contributed by atoms with Crippen molar-refractivity contribution >= 4 is 33.3 Å². The van der Waals surface area contributed by atoms with Crippen LogP contribution in [0.15, 0.2) is 181 Å². The zero-order valence-electron chi connectivity index (χ0n) is 29.1. The number of amidine groups is 1. The Morgan fingerprint density at radius 3 is 1.65 bits per heavy atom. The smallest absolute Gasteiger partial charge is 0.136 e. The molecule has 0 radical (unpaired) electrons. The fourth-order valence-electron chi connectivity index (χ4n) is 8.61. The SMILES string of the molecule is c1ccc(N2C(c3ccc(-c4cccc(-c5cccc(-c6ccc7c(c6)c6ccccc6n7-c6ccccc6)c5)c4)cc3)=NC3CCCCC32)cc1. The monoisotopic (exact) mass is 669 g/mol. The summed E-state index contributed by atoms with van der Waals surface area (Å²) in [4.78, 5) is 7.82. The molecule has 2 atom stereocenters. The number of nitrogens with zero attached hydrogens (tertiary/aromatic N) is 3. The maximum absolute atomic E-state index is 5.32. The molecule has 3 nitrogen and oxygen atoms in total. The molecule has 2 aliphatic rings. The number of benzene rings is 7. The van der Waals surface area contributed by atoms with Crippen LogP contribution in [0.2, 0.25) is 0 Å². The van der Waals surface area contributed by atoms with E-state index in [1.54, 1.807) is 0 Å². The first-order chi connectivity index (χ1) is 25.8. The van der Waals surface area contributed by atoms with E-state index >= 15 is 0 Å². The Balaban J connectivity index is 0.961. The highest BCUT2D eigenvalue weighted by Gasteiger charge is 2.38. The molecule has 1 aliphatic carbocycles. The van der Waals surface area contributed by atoms with Gasteiger partial charge in [-0.2, -0.15) is 0 Å². The summed E-state index contributed by atoms with van der Waals surface area (Å²) in [6.07, 6.45) is 4.93. The number of aliphatic imine (C=N–C) groups is 1. The molecule has 0 amide bonds. The van der Waals surface area contributed by atoms with Crippen molar-refractivity contribution in [3.8, 4) is 39.1 Å². The van der Waals surface area contributed by atoms with Crippen molar-refractivity contribution in [2.75, 3.05) is 4.90 Å². The molecule has 1 saturated carbocycles. The number of hydrogen-bond donors (Lipinski definition) is 0. The lowest BCUT2D eigenvalue weighted by Gasteiger charge is -2.33. The molecule has 8 aromatic rings. The van der Waals surface area contributed by atoms with Gasteiger partial charge in [-0.3, -0.25) is 4.99 Å². The summed E-state index contributed by atoms with van der Waals surface area (Å²) in [7, 11) is 0. The number of fused-ring (bicyclic) bond motifs is 4. The third-order valence-electron chi connectivity index (χ3n) is 11.1. The first-order valence-electron chi connectivity index (χ1n) is 18.6. The lowest BCUT2D eigenvalue weighted by atomic mass is 9.90. The van der Waals surface area contributed by atoms with Gasteiger partial charge in [0, 0.05) is 27.7 Å². The van der Waals surface area contributed by atoms with Crippen LogP contribution in [0.3, 0.4) is 0 Å². The molecule has 0 bridgehead atoms. The average molecular weight is 670 g/mol. The maximum Gasteiger partial charge on any atom is 0.136 e. The van der Waals surface area contributed by atoms with E-state index in [0.717, 1.165) is 5.84 Å². The first-order valence-corrected chi connectivity index (χ1v) is 18.6. The summed E-state index contributed by atoms with van der Waals surface area (Å²) in [6, 6.07) is 64.9. The van der Waals surface area contributed by atoms with Crippen molar-refractivity contribution < 1.29 is 0 Å². The van der Waals surface area contributed by atoms with Crippen LogP contribution in [0.25, 0.3) is 60.9 Å². The zero-order chi connectivity index (χ0) is 34.4. The molecule has 1 aliphatic heterocycles. The van der Waals surface area contributed by atoms with Crippen LogP contribution in [0.4, 0.5) is 5.69 Å². The number of para-hydroxylation sites is 3. The fourth-order valence-corrected chi connectivity index (χ4v) is 8.61. The van der Waals surface area contributed by atoms with Crippen LogP contribution in [-0.2, 0) is 0 Å². The standard InChI is InChI=1S/C49H39N3/c1-3-17-41(18-4-1)51-46-23-9-7-21-43(46)44-33-40(29-30-47(44)51)39-16-12-15-38(32-39)37-14-11-13-36(31-37)34-25-27-35(28-26-34)49-50-45-22-8-10-24-48(45)52(49)42-19-5-2-6-20-42/h1-7,9,11-21,23,25-33,45,48H,8,10,22,24H2. The molecule has 2 unspecified atom stereocenters. The quantitative estimate of drug-likeness (QED) is 0.173. The average Bonchev–Trinajstić information content (AvgIpc) is 3.78. The van der Waals surface area contributed by atoms with Gasteiger partial charge in [-0.25, -0.2) is 0 Å². The predicted molar refractivity (Wildman–Crippen MR) is 219 cm³/mol. The highest BCUT2D eigenvalue weighted by atomic mass is 15.3. The summed E-state index contributed by atoms with van der Waals surface area (Å²) < 4.78 is 2.37. The Morgan fingerprint density at radius 2 is 0.942 bits per heavy atom. The van der Waals surface area contributed by atoms with E-state index in [9.17, 15) is 0 Å². The van der Waals surface area contributed by atoms with Gasteiger partial charge in [0.15, 0.2) is 0 Å². The van der Waals surface area contributed by atoms with Gasteiger partial charge in [0.1, 0.15) is 5.84 Å². The van der Waals surface area contributed by atoms with E-state index in [4.69, 9.17) is 4.99 Å². The summed E-state index contributed by atoms with van der Waals surface area (Å²) in [5, 5.41) is 2.53. The number of anilines is 1. The van der Waals surface area contributed by atoms with E-state index in [1.165, 1.54) is 97.8 Å². The second-order valence-electron chi connectivity index (χ2n) is 14.2. The van der Waals surface area contributed by atoms with Crippen molar-refractivity contribution in [3.05, 3.63) is 181 Å². The maximum atomic E-state index is 5.32. The highest BCUT2D eigenvalue weighted by molar-refractivity contribution is 6.12. The molecule has 0 saturated heterocycles. The van der Waals surface area contributed by atoms with Gasteiger partial charge in [-0.05, 0) is 101 Å². The number of hydrogen-bond acceptors (Lipinski definition) is 2. The number of rotatable bonds is 6. The lowest BCUT2D eigenvalue weighted by Crippen LogP contribution is -2.41. The van der Waals surface area contributed by atoms with Gasteiger partial charge < -0.3 is 9.47 Å². The molecule has 7 aromatic carbocycles. The highest BCUT2D eigenvalue weighted by Crippen LogP contribution is 2.38. The Labute approximate surface area is 305 Å². The van der Waals surface area contributed by atoms with Crippen LogP contribution in [-0.4, -0.2) is 22.5 Å². The fraction of sp³-hybridized carbons (Fsp3) is 0.122. The third kappa shape index (κ3) is 5.32. The van der Waals surface area contributed by atoms with Crippen molar-refractivity contribution in [3.63, 3.8) is 0 Å². The summed E-state index contributed by atoms with van der Waals surface area (Å²) in [5.41, 5.74) is 13.3. The Kier molecular flexibility index (Phi) is 7.57. The van der Waals surface area contributed by atoms with E-state index in [-0.39, 0.29) is 0 Å². The van der Waals surface area contributed by atoms with Gasteiger partial charge in [-0.1, -0.05) is 134 Å². The molecule has 0 spiro atoms.